The highest BCUT2D eigenvalue weighted by atomic mass is 35.5. The number of benzene rings is 1. The second kappa shape index (κ2) is 7.78. The van der Waals surface area contributed by atoms with E-state index < -0.39 is 5.82 Å². The zero-order valence-electron chi connectivity index (χ0n) is 13.4. The Kier molecular flexibility index (Phi) is 5.71. The molecule has 7 heteroatoms. The van der Waals surface area contributed by atoms with Gasteiger partial charge in [-0.05, 0) is 25.0 Å². The highest BCUT2D eigenvalue weighted by Gasteiger charge is 2.37. The van der Waals surface area contributed by atoms with Crippen molar-refractivity contribution < 1.29 is 19.0 Å². The molecule has 2 aliphatic heterocycles. The number of nitrogens with one attached hydrogen (secondary N) is 1. The summed E-state index contributed by atoms with van der Waals surface area (Å²) in [6.45, 7) is 2.27. The molecule has 2 heterocycles. The maximum atomic E-state index is 13.8. The number of rotatable bonds is 5. The Labute approximate surface area is 145 Å². The van der Waals surface area contributed by atoms with Gasteiger partial charge in [0.2, 0.25) is 5.91 Å². The van der Waals surface area contributed by atoms with Crippen molar-refractivity contribution in [3.8, 4) is 0 Å². The predicted molar refractivity (Wildman–Crippen MR) is 88.5 cm³/mol. The minimum atomic E-state index is -0.457. The third-order valence-electron chi connectivity index (χ3n) is 4.71. The summed E-state index contributed by atoms with van der Waals surface area (Å²) < 4.78 is 19.5. The first-order valence-electron chi connectivity index (χ1n) is 8.25. The zero-order chi connectivity index (χ0) is 17.1. The molecule has 132 valence electrons. The molecule has 0 bridgehead atoms. The van der Waals surface area contributed by atoms with Crippen molar-refractivity contribution in [3.05, 3.63) is 34.6 Å². The molecule has 24 heavy (non-hydrogen) atoms. The van der Waals surface area contributed by atoms with Gasteiger partial charge in [0.15, 0.2) is 0 Å². The number of aliphatic hydroxyl groups excluding tert-OH is 1. The van der Waals surface area contributed by atoms with Crippen LogP contribution in [-0.2, 0) is 16.0 Å². The highest BCUT2D eigenvalue weighted by molar-refractivity contribution is 6.31. The molecule has 1 aromatic carbocycles. The molecule has 0 saturated carbocycles. The van der Waals surface area contributed by atoms with Gasteiger partial charge in [-0.2, -0.15) is 0 Å². The first kappa shape index (κ1) is 17.6. The quantitative estimate of drug-likeness (QED) is 0.836. The fourth-order valence-corrected chi connectivity index (χ4v) is 3.74. The van der Waals surface area contributed by atoms with Gasteiger partial charge in [-0.3, -0.25) is 9.69 Å². The average molecular weight is 357 g/mol. The van der Waals surface area contributed by atoms with Crippen molar-refractivity contribution in [1.82, 2.24) is 10.2 Å². The Morgan fingerprint density at radius 1 is 1.46 bits per heavy atom. The Bertz CT molecular complexity index is 581. The molecule has 2 N–H and O–H groups in total. The van der Waals surface area contributed by atoms with Gasteiger partial charge in [-0.1, -0.05) is 17.7 Å². The molecule has 0 aromatic heterocycles. The van der Waals surface area contributed by atoms with E-state index in [9.17, 15) is 9.18 Å². The summed E-state index contributed by atoms with van der Waals surface area (Å²) in [4.78, 5) is 14.5. The fourth-order valence-electron chi connectivity index (χ4n) is 3.51. The number of nitrogens with zero attached hydrogens (tertiary/aromatic N) is 1. The Morgan fingerprint density at radius 3 is 3.04 bits per heavy atom. The van der Waals surface area contributed by atoms with Crippen LogP contribution in [0.1, 0.15) is 18.4 Å². The lowest BCUT2D eigenvalue weighted by Crippen LogP contribution is -2.46. The molecule has 1 amide bonds. The Morgan fingerprint density at radius 2 is 2.29 bits per heavy atom. The van der Waals surface area contributed by atoms with Gasteiger partial charge < -0.3 is 15.2 Å². The summed E-state index contributed by atoms with van der Waals surface area (Å²) in [5.41, 5.74) is 0.235. The molecule has 0 radical (unpaired) electrons. The Balaban J connectivity index is 1.53. The number of hydrogen-bond donors (Lipinski definition) is 2. The van der Waals surface area contributed by atoms with E-state index in [0.29, 0.717) is 19.1 Å². The van der Waals surface area contributed by atoms with Crippen LogP contribution in [0.3, 0.4) is 0 Å². The molecule has 2 saturated heterocycles. The van der Waals surface area contributed by atoms with E-state index in [1.807, 2.05) is 0 Å². The third-order valence-corrected chi connectivity index (χ3v) is 5.06. The van der Waals surface area contributed by atoms with Gasteiger partial charge in [0.05, 0.1) is 19.1 Å². The molecule has 3 atom stereocenters. The first-order valence-corrected chi connectivity index (χ1v) is 8.63. The minimum absolute atomic E-state index is 0.0320. The molecule has 5 nitrogen and oxygen atoms in total. The number of morpholine rings is 1. The van der Waals surface area contributed by atoms with Crippen LogP contribution in [0.4, 0.5) is 4.39 Å². The summed E-state index contributed by atoms with van der Waals surface area (Å²) in [6.07, 6.45) is 1.45. The van der Waals surface area contributed by atoms with Crippen molar-refractivity contribution in [2.24, 2.45) is 0 Å². The van der Waals surface area contributed by atoms with Crippen molar-refractivity contribution in [3.63, 3.8) is 0 Å². The van der Waals surface area contributed by atoms with Crippen LogP contribution in [0.5, 0.6) is 0 Å². The van der Waals surface area contributed by atoms with E-state index in [0.717, 1.165) is 19.5 Å². The minimum Gasteiger partial charge on any atom is -0.396 e. The van der Waals surface area contributed by atoms with Gasteiger partial charge in [0.25, 0.3) is 0 Å². The van der Waals surface area contributed by atoms with Crippen molar-refractivity contribution in [2.45, 2.75) is 37.5 Å². The molecule has 0 spiro atoms. The molecule has 2 fully saturated rings. The molecule has 3 rings (SSSR count). The summed E-state index contributed by atoms with van der Waals surface area (Å²) in [5.74, 6) is -0.679. The maximum Gasteiger partial charge on any atom is 0.224 e. The standard InChI is InChI=1S/C17H22ClFN2O3/c18-15-2-1-3-16(19)14(15)7-17(23)20-11-6-12-10-24-13(4-5-22)9-21(12)8-11/h1-3,11-13,22H,4-10H2,(H,20,23)/t11-,12+,13+/m1/s1. The van der Waals surface area contributed by atoms with Crippen LogP contribution in [0.15, 0.2) is 18.2 Å². The van der Waals surface area contributed by atoms with Crippen molar-refractivity contribution >= 4 is 17.5 Å². The van der Waals surface area contributed by atoms with Gasteiger partial charge in [-0.25, -0.2) is 4.39 Å². The molecule has 1 aromatic rings. The van der Waals surface area contributed by atoms with E-state index in [4.69, 9.17) is 21.4 Å². The SMILES string of the molecule is O=C(Cc1c(F)cccc1Cl)N[C@@H]1C[C@H]2CO[C@@H](CCO)CN2C1. The smallest absolute Gasteiger partial charge is 0.224 e. The fraction of sp³-hybridized carbons (Fsp3) is 0.588. The lowest BCUT2D eigenvalue weighted by molar-refractivity contribution is -0.121. The summed E-state index contributed by atoms with van der Waals surface area (Å²) in [7, 11) is 0. The van der Waals surface area contributed by atoms with Gasteiger partial charge in [0.1, 0.15) is 5.82 Å². The predicted octanol–water partition coefficient (Wildman–Crippen LogP) is 1.36. The monoisotopic (exact) mass is 356 g/mol. The number of fused-ring (bicyclic) bond motifs is 1. The van der Waals surface area contributed by atoms with E-state index >= 15 is 0 Å². The number of carbonyl (C=O) groups excluding carboxylic acids is 1. The van der Waals surface area contributed by atoms with E-state index in [1.165, 1.54) is 12.1 Å². The lowest BCUT2D eigenvalue weighted by atomic mass is 10.1. The average Bonchev–Trinajstić information content (AvgIpc) is 2.93. The van der Waals surface area contributed by atoms with Crippen molar-refractivity contribution in [2.75, 3.05) is 26.3 Å². The molecular formula is C17H22ClFN2O3. The third kappa shape index (κ3) is 4.06. The number of halogens is 2. The van der Waals surface area contributed by atoms with Gasteiger partial charge in [0, 0.05) is 42.4 Å². The summed E-state index contributed by atoms with van der Waals surface area (Å²) in [6, 6.07) is 4.74. The van der Waals surface area contributed by atoms with Gasteiger partial charge >= 0.3 is 0 Å². The topological polar surface area (TPSA) is 61.8 Å². The van der Waals surface area contributed by atoms with Crippen LogP contribution in [0.25, 0.3) is 0 Å². The molecule has 0 unspecified atom stereocenters. The van der Waals surface area contributed by atoms with Crippen LogP contribution in [-0.4, -0.2) is 60.4 Å². The van der Waals surface area contributed by atoms with Gasteiger partial charge in [-0.15, -0.1) is 0 Å². The summed E-state index contributed by atoms with van der Waals surface area (Å²) >= 11 is 5.97. The number of ether oxygens (including phenoxy) is 1. The summed E-state index contributed by atoms with van der Waals surface area (Å²) in [5, 5.41) is 12.3. The molecule has 0 aliphatic carbocycles. The van der Waals surface area contributed by atoms with Crippen LogP contribution in [0.2, 0.25) is 5.02 Å². The normalized spacial score (nSPS) is 27.0. The van der Waals surface area contributed by atoms with E-state index in [-0.39, 0.29) is 41.7 Å². The van der Waals surface area contributed by atoms with E-state index in [1.54, 1.807) is 6.07 Å². The second-order valence-electron chi connectivity index (χ2n) is 6.45. The molecule has 2 aliphatic rings. The van der Waals surface area contributed by atoms with Crippen LogP contribution >= 0.6 is 11.6 Å². The molecular weight excluding hydrogens is 335 g/mol. The maximum absolute atomic E-state index is 13.8. The zero-order valence-corrected chi connectivity index (χ0v) is 14.1. The van der Waals surface area contributed by atoms with Crippen LogP contribution in [0, 0.1) is 5.82 Å². The Hall–Kier alpha value is -1.21. The number of amides is 1. The lowest BCUT2D eigenvalue weighted by Gasteiger charge is -2.34. The number of aliphatic hydroxyl groups is 1. The van der Waals surface area contributed by atoms with Crippen molar-refractivity contribution in [1.29, 1.82) is 0 Å². The number of carbonyl (C=O) groups is 1. The number of hydrogen-bond acceptors (Lipinski definition) is 4. The first-order chi connectivity index (χ1) is 11.6. The largest absolute Gasteiger partial charge is 0.396 e. The second-order valence-corrected chi connectivity index (χ2v) is 6.86. The van der Waals surface area contributed by atoms with E-state index in [2.05, 4.69) is 10.2 Å². The van der Waals surface area contributed by atoms with Crippen LogP contribution < -0.4 is 5.32 Å². The highest BCUT2D eigenvalue weighted by Crippen LogP contribution is 2.25.